The van der Waals surface area contributed by atoms with Crippen molar-refractivity contribution in [2.24, 2.45) is 0 Å². The molecule has 0 spiro atoms. The van der Waals surface area contributed by atoms with Crippen molar-refractivity contribution in [1.29, 1.82) is 0 Å². The number of likely N-dealkylation sites (N-methyl/N-ethyl adjacent to an activating group) is 1. The summed E-state index contributed by atoms with van der Waals surface area (Å²) in [5, 5.41) is 0. The number of hydrogen-bond donors (Lipinski definition) is 1. The van der Waals surface area contributed by atoms with Crippen LogP contribution in [0.4, 0.5) is 0 Å². The van der Waals surface area contributed by atoms with E-state index in [1.165, 1.54) is 6.42 Å². The van der Waals surface area contributed by atoms with E-state index < -0.39 is 26.5 Å². The predicted molar refractivity (Wildman–Crippen MR) is 174 cm³/mol. The largest absolute Gasteiger partial charge is 0.472 e. The smallest absolute Gasteiger partial charge is 0.462 e. The zero-order valence-electron chi connectivity index (χ0n) is 27.9. The van der Waals surface area contributed by atoms with Crippen LogP contribution in [0.15, 0.2) is 24.3 Å². The lowest BCUT2D eigenvalue weighted by Gasteiger charge is -2.24. The fourth-order valence-electron chi connectivity index (χ4n) is 4.07. The van der Waals surface area contributed by atoms with Crippen LogP contribution in [0.5, 0.6) is 0 Å². The van der Waals surface area contributed by atoms with E-state index in [0.29, 0.717) is 17.4 Å². The average Bonchev–Trinajstić information content (AvgIpc) is 2.93. The minimum atomic E-state index is -4.36. The Balaban J connectivity index is 4.54. The summed E-state index contributed by atoms with van der Waals surface area (Å²) in [4.78, 5) is 34.9. The van der Waals surface area contributed by atoms with Gasteiger partial charge < -0.3 is 18.9 Å². The van der Waals surface area contributed by atoms with Crippen molar-refractivity contribution in [1.82, 2.24) is 0 Å². The van der Waals surface area contributed by atoms with Gasteiger partial charge in [-0.3, -0.25) is 18.6 Å². The molecule has 0 aliphatic heterocycles. The Labute approximate surface area is 262 Å². The molecule has 10 heteroatoms. The number of phosphoric acid groups is 1. The Morgan fingerprint density at radius 2 is 1.26 bits per heavy atom. The van der Waals surface area contributed by atoms with Gasteiger partial charge in [0.2, 0.25) is 0 Å². The summed E-state index contributed by atoms with van der Waals surface area (Å²) in [5.74, 6) is -0.831. The minimum Gasteiger partial charge on any atom is -0.462 e. The second kappa shape index (κ2) is 26.9. The normalized spacial score (nSPS) is 14.3. The van der Waals surface area contributed by atoms with E-state index in [-0.39, 0.29) is 32.0 Å². The molecule has 0 radical (unpaired) electrons. The lowest BCUT2D eigenvalue weighted by molar-refractivity contribution is -0.870. The number of ether oxygens (including phenoxy) is 2. The highest BCUT2D eigenvalue weighted by Crippen LogP contribution is 2.43. The highest BCUT2D eigenvalue weighted by Gasteiger charge is 2.27. The third-order valence-corrected chi connectivity index (χ3v) is 7.68. The third-order valence-electron chi connectivity index (χ3n) is 6.70. The molecular weight excluding hydrogens is 569 g/mol. The van der Waals surface area contributed by atoms with Crippen molar-refractivity contribution >= 4 is 19.8 Å². The minimum absolute atomic E-state index is 0.0289. The number of nitrogens with zero attached hydrogens (tertiary/aromatic N) is 1. The zero-order chi connectivity index (χ0) is 32.2. The molecule has 1 N–H and O–H groups in total. The molecule has 9 nitrogen and oxygen atoms in total. The highest BCUT2D eigenvalue weighted by molar-refractivity contribution is 7.47. The van der Waals surface area contributed by atoms with Crippen molar-refractivity contribution in [3.05, 3.63) is 24.3 Å². The van der Waals surface area contributed by atoms with Crippen LogP contribution in [0, 0.1) is 0 Å². The molecule has 1 unspecified atom stereocenters. The number of allylic oxidation sites excluding steroid dienone is 4. The highest BCUT2D eigenvalue weighted by atomic mass is 31.2. The van der Waals surface area contributed by atoms with Gasteiger partial charge in [-0.05, 0) is 51.4 Å². The maximum atomic E-state index is 12.5. The summed E-state index contributed by atoms with van der Waals surface area (Å²) in [5.41, 5.74) is 0. The Hall–Kier alpha value is -1.51. The van der Waals surface area contributed by atoms with Crippen LogP contribution in [0.1, 0.15) is 123 Å². The fraction of sp³-hybridized carbons (Fsp3) is 0.818. The average molecular weight is 633 g/mol. The Kier molecular flexibility index (Phi) is 25.9. The second-order valence-electron chi connectivity index (χ2n) is 12.2. The SMILES string of the molecule is CC/C=C/CCCCCCCC(=O)O[C@H](COC(=O)CCCCCCC/C=C\CCC)COP(=O)(O)OCC[N+](C)(C)C. The Morgan fingerprint density at radius 3 is 1.84 bits per heavy atom. The topological polar surface area (TPSA) is 108 Å². The van der Waals surface area contributed by atoms with Crippen molar-refractivity contribution in [2.75, 3.05) is 47.5 Å². The zero-order valence-corrected chi connectivity index (χ0v) is 28.8. The molecule has 0 aromatic heterocycles. The van der Waals surface area contributed by atoms with E-state index in [2.05, 4.69) is 38.2 Å². The van der Waals surface area contributed by atoms with Gasteiger partial charge in [-0.2, -0.15) is 0 Å². The first-order valence-electron chi connectivity index (χ1n) is 16.6. The summed E-state index contributed by atoms with van der Waals surface area (Å²) >= 11 is 0. The first-order chi connectivity index (χ1) is 20.5. The molecule has 0 aromatic carbocycles. The molecule has 0 rings (SSSR count). The maximum Gasteiger partial charge on any atom is 0.472 e. The first kappa shape index (κ1) is 41.5. The number of quaternary nitrogens is 1. The first-order valence-corrected chi connectivity index (χ1v) is 18.1. The van der Waals surface area contributed by atoms with Crippen LogP contribution < -0.4 is 0 Å². The van der Waals surface area contributed by atoms with Crippen molar-refractivity contribution in [3.8, 4) is 0 Å². The second-order valence-corrected chi connectivity index (χ2v) is 13.6. The molecule has 0 aromatic rings. The molecule has 0 fully saturated rings. The van der Waals surface area contributed by atoms with Crippen LogP contribution in [0.3, 0.4) is 0 Å². The Bertz CT molecular complexity index is 809. The Morgan fingerprint density at radius 1 is 0.721 bits per heavy atom. The molecule has 2 atom stereocenters. The summed E-state index contributed by atoms with van der Waals surface area (Å²) in [7, 11) is 1.46. The van der Waals surface area contributed by atoms with Gasteiger partial charge in [-0.25, -0.2) is 4.57 Å². The number of unbranched alkanes of at least 4 members (excludes halogenated alkanes) is 11. The van der Waals surface area contributed by atoms with Gasteiger partial charge in [0.15, 0.2) is 6.10 Å². The summed E-state index contributed by atoms with van der Waals surface area (Å²) in [6.07, 6.45) is 23.9. The molecule has 0 saturated carbocycles. The molecule has 0 aliphatic rings. The van der Waals surface area contributed by atoms with E-state index in [0.717, 1.165) is 83.5 Å². The van der Waals surface area contributed by atoms with Crippen LogP contribution in [-0.2, 0) is 32.7 Å². The van der Waals surface area contributed by atoms with Crippen LogP contribution >= 0.6 is 7.82 Å². The van der Waals surface area contributed by atoms with Crippen molar-refractivity contribution in [2.45, 2.75) is 129 Å². The maximum absolute atomic E-state index is 12.5. The van der Waals surface area contributed by atoms with Crippen LogP contribution in [-0.4, -0.2) is 74.9 Å². The van der Waals surface area contributed by atoms with Crippen molar-refractivity contribution < 1.29 is 42.1 Å². The number of esters is 2. The van der Waals surface area contributed by atoms with Gasteiger partial charge in [0.05, 0.1) is 27.7 Å². The third kappa shape index (κ3) is 30.3. The molecule has 252 valence electrons. The van der Waals surface area contributed by atoms with E-state index in [1.807, 2.05) is 21.1 Å². The van der Waals surface area contributed by atoms with Gasteiger partial charge >= 0.3 is 19.8 Å². The standard InChI is InChI=1S/C33H62NO8P/c1-6-8-10-12-14-16-18-19-21-23-25-32(35)39-29-31(30-41-43(37,38)40-28-27-34(3,4)5)42-33(36)26-24-22-20-17-15-13-11-9-7-2/h9-12,31H,6-8,13-30H2,1-5H3/p+1/b11-9+,12-10-/t31-/m1/s1. The summed E-state index contributed by atoms with van der Waals surface area (Å²) < 4.78 is 33.9. The number of rotatable bonds is 29. The fourth-order valence-corrected chi connectivity index (χ4v) is 4.82. The number of phosphoric ester groups is 1. The summed E-state index contributed by atoms with van der Waals surface area (Å²) in [6.45, 7) is 4.19. The van der Waals surface area contributed by atoms with E-state index in [4.69, 9.17) is 18.5 Å². The molecule has 43 heavy (non-hydrogen) atoms. The monoisotopic (exact) mass is 632 g/mol. The number of hydrogen-bond acceptors (Lipinski definition) is 7. The van der Waals surface area contributed by atoms with E-state index in [1.54, 1.807) is 0 Å². The molecule has 0 amide bonds. The van der Waals surface area contributed by atoms with Crippen LogP contribution in [0.25, 0.3) is 0 Å². The van der Waals surface area contributed by atoms with Gasteiger partial charge in [-0.1, -0.05) is 83.1 Å². The van der Waals surface area contributed by atoms with Crippen molar-refractivity contribution in [3.63, 3.8) is 0 Å². The molecule has 0 heterocycles. The van der Waals surface area contributed by atoms with E-state index >= 15 is 0 Å². The summed E-state index contributed by atoms with van der Waals surface area (Å²) in [6, 6.07) is 0. The van der Waals surface area contributed by atoms with Crippen LogP contribution in [0.2, 0.25) is 0 Å². The van der Waals surface area contributed by atoms with Gasteiger partial charge in [0.1, 0.15) is 19.8 Å². The number of carbonyl (C=O) groups excluding carboxylic acids is 2. The molecule has 0 aliphatic carbocycles. The molecular formula is C33H63NO8P+. The lowest BCUT2D eigenvalue weighted by atomic mass is 10.1. The quantitative estimate of drug-likeness (QED) is 0.0290. The van der Waals surface area contributed by atoms with Gasteiger partial charge in [0.25, 0.3) is 0 Å². The molecule has 0 bridgehead atoms. The lowest BCUT2D eigenvalue weighted by Crippen LogP contribution is -2.37. The van der Waals surface area contributed by atoms with E-state index in [9.17, 15) is 19.0 Å². The molecule has 0 saturated heterocycles. The predicted octanol–water partition coefficient (Wildman–Crippen LogP) is 8.07. The van der Waals surface area contributed by atoms with Gasteiger partial charge in [-0.15, -0.1) is 0 Å². The number of carbonyl (C=O) groups is 2. The van der Waals surface area contributed by atoms with Gasteiger partial charge in [0, 0.05) is 12.8 Å².